The van der Waals surface area contributed by atoms with Crippen LogP contribution >= 0.6 is 0 Å². The first kappa shape index (κ1) is 13.8. The zero-order chi connectivity index (χ0) is 13.1. The summed E-state index contributed by atoms with van der Waals surface area (Å²) in [6, 6.07) is 0.264. The van der Waals surface area contributed by atoms with Crippen molar-refractivity contribution in [1.82, 2.24) is 4.90 Å². The van der Waals surface area contributed by atoms with E-state index in [0.29, 0.717) is 11.8 Å². The summed E-state index contributed by atoms with van der Waals surface area (Å²) in [5.41, 5.74) is 6.00. The topological polar surface area (TPSA) is 66.6 Å². The Hall–Kier alpha value is -0.610. The summed E-state index contributed by atoms with van der Waals surface area (Å²) < 4.78 is 0. The number of hydrogen-bond acceptors (Lipinski definition) is 3. The SMILES string of the molecule is CC1CC(C(=O)N2CCCC(CO)C2)CCC1N. The normalized spacial score (nSPS) is 37.6. The molecule has 0 bridgehead atoms. The van der Waals surface area contributed by atoms with Crippen LogP contribution in [0, 0.1) is 17.8 Å². The van der Waals surface area contributed by atoms with Gasteiger partial charge in [-0.2, -0.15) is 0 Å². The minimum Gasteiger partial charge on any atom is -0.396 e. The summed E-state index contributed by atoms with van der Waals surface area (Å²) in [5.74, 6) is 1.20. The zero-order valence-electron chi connectivity index (χ0n) is 11.3. The molecular weight excluding hydrogens is 228 g/mol. The van der Waals surface area contributed by atoms with Crippen LogP contribution < -0.4 is 5.73 Å². The molecule has 2 rings (SSSR count). The third kappa shape index (κ3) is 3.04. The van der Waals surface area contributed by atoms with Gasteiger partial charge in [0.25, 0.3) is 0 Å². The molecule has 0 spiro atoms. The second-order valence-electron chi connectivity index (χ2n) is 6.13. The van der Waals surface area contributed by atoms with E-state index in [1.807, 2.05) is 4.90 Å². The highest BCUT2D eigenvalue weighted by atomic mass is 16.3. The molecule has 104 valence electrons. The first-order chi connectivity index (χ1) is 8.61. The van der Waals surface area contributed by atoms with Crippen LogP contribution in [0.1, 0.15) is 39.0 Å². The molecule has 1 amide bonds. The Kier molecular flexibility index (Phi) is 4.62. The van der Waals surface area contributed by atoms with Crippen molar-refractivity contribution in [1.29, 1.82) is 0 Å². The van der Waals surface area contributed by atoms with Crippen molar-refractivity contribution in [3.63, 3.8) is 0 Å². The fraction of sp³-hybridized carbons (Fsp3) is 0.929. The molecule has 3 N–H and O–H groups in total. The number of carbonyl (C=O) groups excluding carboxylic acids is 1. The lowest BCUT2D eigenvalue weighted by Crippen LogP contribution is -2.46. The Bertz CT molecular complexity index is 288. The van der Waals surface area contributed by atoms with E-state index >= 15 is 0 Å². The van der Waals surface area contributed by atoms with Gasteiger partial charge < -0.3 is 15.7 Å². The van der Waals surface area contributed by atoms with Gasteiger partial charge in [0.2, 0.25) is 5.91 Å². The van der Waals surface area contributed by atoms with Gasteiger partial charge in [0.15, 0.2) is 0 Å². The van der Waals surface area contributed by atoms with E-state index < -0.39 is 0 Å². The molecule has 0 radical (unpaired) electrons. The minimum atomic E-state index is 0.164. The van der Waals surface area contributed by atoms with Crippen molar-refractivity contribution in [2.75, 3.05) is 19.7 Å². The van der Waals surface area contributed by atoms with Crippen LogP contribution in [0.4, 0.5) is 0 Å². The summed E-state index contributed by atoms with van der Waals surface area (Å²) >= 11 is 0. The van der Waals surface area contributed by atoms with Gasteiger partial charge >= 0.3 is 0 Å². The first-order valence-electron chi connectivity index (χ1n) is 7.27. The van der Waals surface area contributed by atoms with Crippen molar-refractivity contribution < 1.29 is 9.90 Å². The molecule has 18 heavy (non-hydrogen) atoms. The molecule has 4 heteroatoms. The van der Waals surface area contributed by atoms with Gasteiger partial charge in [-0.3, -0.25) is 4.79 Å². The fourth-order valence-corrected chi connectivity index (χ4v) is 3.32. The van der Waals surface area contributed by atoms with Crippen molar-refractivity contribution >= 4 is 5.91 Å². The minimum absolute atomic E-state index is 0.164. The van der Waals surface area contributed by atoms with Crippen LogP contribution in [0.15, 0.2) is 0 Å². The average molecular weight is 254 g/mol. The Labute approximate surface area is 110 Å². The van der Waals surface area contributed by atoms with Crippen LogP contribution in [0.3, 0.4) is 0 Å². The van der Waals surface area contributed by atoms with Gasteiger partial charge in [0.05, 0.1) is 0 Å². The lowest BCUT2D eigenvalue weighted by molar-refractivity contribution is -0.139. The lowest BCUT2D eigenvalue weighted by atomic mass is 9.78. The molecule has 1 heterocycles. The van der Waals surface area contributed by atoms with Gasteiger partial charge in [0.1, 0.15) is 0 Å². The van der Waals surface area contributed by atoms with Crippen molar-refractivity contribution in [2.24, 2.45) is 23.5 Å². The number of piperidine rings is 1. The summed E-state index contributed by atoms with van der Waals surface area (Å²) in [6.07, 6.45) is 4.91. The van der Waals surface area contributed by atoms with Crippen molar-refractivity contribution in [3.8, 4) is 0 Å². The smallest absolute Gasteiger partial charge is 0.225 e. The van der Waals surface area contributed by atoms with E-state index in [4.69, 9.17) is 5.73 Å². The third-order valence-electron chi connectivity index (χ3n) is 4.67. The number of nitrogens with two attached hydrogens (primary N) is 1. The average Bonchev–Trinajstić information content (AvgIpc) is 2.41. The fourth-order valence-electron chi connectivity index (χ4n) is 3.32. The number of aliphatic hydroxyl groups is 1. The highest BCUT2D eigenvalue weighted by molar-refractivity contribution is 5.79. The number of amides is 1. The van der Waals surface area contributed by atoms with E-state index in [1.54, 1.807) is 0 Å². The van der Waals surface area contributed by atoms with Crippen molar-refractivity contribution in [3.05, 3.63) is 0 Å². The molecule has 1 aliphatic carbocycles. The molecular formula is C14H26N2O2. The number of nitrogens with zero attached hydrogens (tertiary/aromatic N) is 1. The predicted molar refractivity (Wildman–Crippen MR) is 70.9 cm³/mol. The predicted octanol–water partition coefficient (Wildman–Crippen LogP) is 0.981. The molecule has 1 saturated carbocycles. The number of likely N-dealkylation sites (tertiary alicyclic amines) is 1. The highest BCUT2D eigenvalue weighted by Crippen LogP contribution is 2.30. The Morgan fingerprint density at radius 3 is 2.83 bits per heavy atom. The van der Waals surface area contributed by atoms with Crippen LogP contribution in [-0.2, 0) is 4.79 Å². The van der Waals surface area contributed by atoms with Crippen molar-refractivity contribution in [2.45, 2.75) is 45.1 Å². The molecule has 0 aromatic heterocycles. The highest BCUT2D eigenvalue weighted by Gasteiger charge is 2.33. The van der Waals surface area contributed by atoms with E-state index in [1.165, 1.54) is 0 Å². The second-order valence-corrected chi connectivity index (χ2v) is 6.13. The zero-order valence-corrected chi connectivity index (χ0v) is 11.3. The second kappa shape index (κ2) is 6.02. The molecule has 4 atom stereocenters. The number of carbonyl (C=O) groups is 1. The van der Waals surface area contributed by atoms with E-state index in [-0.39, 0.29) is 24.5 Å². The Morgan fingerprint density at radius 1 is 1.39 bits per heavy atom. The van der Waals surface area contributed by atoms with Crippen LogP contribution in [0.25, 0.3) is 0 Å². The lowest BCUT2D eigenvalue weighted by Gasteiger charge is -2.37. The quantitative estimate of drug-likeness (QED) is 0.772. The maximum Gasteiger partial charge on any atom is 0.225 e. The summed E-state index contributed by atoms with van der Waals surface area (Å²) in [4.78, 5) is 14.4. The van der Waals surface area contributed by atoms with Gasteiger partial charge in [-0.25, -0.2) is 0 Å². The monoisotopic (exact) mass is 254 g/mol. The number of aliphatic hydroxyl groups excluding tert-OH is 1. The number of hydrogen-bond donors (Lipinski definition) is 2. The molecule has 1 aliphatic heterocycles. The van der Waals surface area contributed by atoms with E-state index in [9.17, 15) is 9.90 Å². The van der Waals surface area contributed by atoms with Gasteiger partial charge in [0, 0.05) is 31.7 Å². The number of rotatable bonds is 2. The van der Waals surface area contributed by atoms with E-state index in [2.05, 4.69) is 6.92 Å². The summed E-state index contributed by atoms with van der Waals surface area (Å²) in [7, 11) is 0. The molecule has 2 fully saturated rings. The van der Waals surface area contributed by atoms with Crippen LogP contribution in [0.5, 0.6) is 0 Å². The molecule has 4 nitrogen and oxygen atoms in total. The van der Waals surface area contributed by atoms with Crippen LogP contribution in [-0.4, -0.2) is 41.7 Å². The molecule has 0 aromatic carbocycles. The maximum atomic E-state index is 12.5. The standard InChI is InChI=1S/C14H26N2O2/c1-10-7-12(4-5-13(10)15)14(18)16-6-2-3-11(8-16)9-17/h10-13,17H,2-9,15H2,1H3. The van der Waals surface area contributed by atoms with Gasteiger partial charge in [-0.15, -0.1) is 0 Å². The summed E-state index contributed by atoms with van der Waals surface area (Å²) in [6.45, 7) is 3.96. The maximum absolute atomic E-state index is 12.5. The molecule has 2 aliphatic rings. The van der Waals surface area contributed by atoms with Gasteiger partial charge in [-0.05, 0) is 43.9 Å². The van der Waals surface area contributed by atoms with E-state index in [0.717, 1.165) is 45.2 Å². The Balaban J connectivity index is 1.90. The summed E-state index contributed by atoms with van der Waals surface area (Å²) in [5, 5.41) is 9.22. The van der Waals surface area contributed by atoms with Crippen LogP contribution in [0.2, 0.25) is 0 Å². The first-order valence-corrected chi connectivity index (χ1v) is 7.27. The molecule has 1 saturated heterocycles. The molecule has 0 aromatic rings. The van der Waals surface area contributed by atoms with Gasteiger partial charge in [-0.1, -0.05) is 6.92 Å². The molecule has 4 unspecified atom stereocenters. The largest absolute Gasteiger partial charge is 0.396 e. The Morgan fingerprint density at radius 2 is 2.17 bits per heavy atom. The third-order valence-corrected chi connectivity index (χ3v) is 4.67.